The van der Waals surface area contributed by atoms with E-state index in [-0.39, 0.29) is 11.2 Å². The molecule has 388 valence electrons. The normalized spacial score (nSPS) is 14.4. The van der Waals surface area contributed by atoms with Crippen LogP contribution in [0.4, 0.5) is 0 Å². The summed E-state index contributed by atoms with van der Waals surface area (Å²) in [4.78, 5) is 12.0. The lowest BCUT2D eigenvalue weighted by molar-refractivity contribution is 0.104. The highest BCUT2D eigenvalue weighted by Crippen LogP contribution is 2.63. The van der Waals surface area contributed by atoms with Crippen molar-refractivity contribution >= 4 is 69.5 Å². The minimum atomic E-state index is -1.19. The number of fused-ring (bicyclic) bond motifs is 16. The molecular weight excluding hydrogens is 1250 g/mol. The Labute approximate surface area is 506 Å². The van der Waals surface area contributed by atoms with Crippen LogP contribution in [0.2, 0.25) is 0 Å². The average molecular weight is 1300 g/mol. The molecule has 0 fully saturated rings. The van der Waals surface area contributed by atoms with Gasteiger partial charge in [0.1, 0.15) is 5.60 Å². The summed E-state index contributed by atoms with van der Waals surface area (Å²) in [7, 11) is 0. The van der Waals surface area contributed by atoms with E-state index in [0.29, 0.717) is 0 Å². The highest BCUT2D eigenvalue weighted by atomic mass is 79.9. The molecule has 6 heteroatoms. The third-order valence-corrected chi connectivity index (χ3v) is 18.2. The van der Waals surface area contributed by atoms with Crippen LogP contribution in [0.15, 0.2) is 303 Å². The molecule has 81 heavy (non-hydrogen) atoms. The molecule has 1 unspecified atom stereocenters. The van der Waals surface area contributed by atoms with Crippen LogP contribution in [0.5, 0.6) is 0 Å². The number of benzene rings is 12. The molecule has 0 aromatic heterocycles. The SMILES string of the molecule is Brc1ccc2c(c1)C1(c3ccccc3-c3ccccc31)c1ccccc1-2.Brc1ccccc1-c1ccccc1.O=C1c2ccccc2-c2ccc(Br)cc21.OC1(c2ccccc2-c2ccccc2)c2ccccc2-c2ccc(Br)cc21. The Morgan fingerprint density at radius 1 is 0.247 bits per heavy atom. The number of carbonyl (C=O) groups excluding carboxylic acids is 1. The Bertz CT molecular complexity index is 4330. The number of hydrogen-bond donors (Lipinski definition) is 1. The summed E-state index contributed by atoms with van der Waals surface area (Å²) in [5.74, 6) is 0.127. The molecule has 0 aliphatic heterocycles. The molecule has 1 N–H and O–H groups in total. The first-order valence-corrected chi connectivity index (χ1v) is 29.9. The zero-order chi connectivity index (χ0) is 55.2. The lowest BCUT2D eigenvalue weighted by Gasteiger charge is -2.30. The van der Waals surface area contributed by atoms with E-state index >= 15 is 0 Å². The Balaban J connectivity index is 0.000000106. The van der Waals surface area contributed by atoms with E-state index < -0.39 is 5.60 Å². The predicted molar refractivity (Wildman–Crippen MR) is 347 cm³/mol. The smallest absolute Gasteiger partial charge is 0.194 e. The van der Waals surface area contributed by atoms with Crippen LogP contribution in [-0.2, 0) is 11.0 Å². The minimum Gasteiger partial charge on any atom is -0.376 e. The van der Waals surface area contributed by atoms with Crippen molar-refractivity contribution in [3.8, 4) is 66.8 Å². The van der Waals surface area contributed by atoms with Crippen LogP contribution in [0, 0.1) is 0 Å². The van der Waals surface area contributed by atoms with Gasteiger partial charge in [0.15, 0.2) is 5.78 Å². The summed E-state index contributed by atoms with van der Waals surface area (Å²) in [5, 5.41) is 12.2. The van der Waals surface area contributed by atoms with E-state index in [0.717, 1.165) is 79.1 Å². The maximum Gasteiger partial charge on any atom is 0.194 e. The van der Waals surface area contributed by atoms with Crippen LogP contribution in [-0.4, -0.2) is 10.9 Å². The molecule has 0 heterocycles. The van der Waals surface area contributed by atoms with Gasteiger partial charge in [-0.1, -0.05) is 306 Å². The summed E-state index contributed by atoms with van der Waals surface area (Å²) in [6, 6.07) is 98.3. The van der Waals surface area contributed by atoms with E-state index in [2.05, 4.69) is 221 Å². The zero-order valence-corrected chi connectivity index (χ0v) is 49.8. The molecular formula is C75H48Br4O2. The zero-order valence-electron chi connectivity index (χ0n) is 43.5. The van der Waals surface area contributed by atoms with Crippen molar-refractivity contribution in [1.29, 1.82) is 0 Å². The van der Waals surface area contributed by atoms with Crippen LogP contribution in [0.1, 0.15) is 54.9 Å². The van der Waals surface area contributed by atoms with Crippen LogP contribution in [0.3, 0.4) is 0 Å². The maximum absolute atomic E-state index is 12.2. The van der Waals surface area contributed by atoms with Crippen molar-refractivity contribution in [2.24, 2.45) is 0 Å². The summed E-state index contributed by atoms with van der Waals surface area (Å²) >= 11 is 14.2. The molecule has 0 radical (unpaired) electrons. The van der Waals surface area contributed by atoms with Crippen molar-refractivity contribution in [3.05, 3.63) is 353 Å². The van der Waals surface area contributed by atoms with Gasteiger partial charge in [0.05, 0.1) is 5.41 Å². The summed E-state index contributed by atoms with van der Waals surface area (Å²) in [5.41, 5.74) is 22.8. The molecule has 4 aliphatic carbocycles. The van der Waals surface area contributed by atoms with Gasteiger partial charge in [-0.2, -0.15) is 0 Å². The first-order chi connectivity index (χ1) is 39.7. The Hall–Kier alpha value is -7.81. The van der Waals surface area contributed by atoms with Gasteiger partial charge in [-0.25, -0.2) is 0 Å². The maximum atomic E-state index is 12.2. The lowest BCUT2D eigenvalue weighted by Crippen LogP contribution is -2.27. The number of halogens is 4. The molecule has 16 rings (SSSR count). The highest BCUT2D eigenvalue weighted by Gasteiger charge is 2.51. The van der Waals surface area contributed by atoms with Crippen LogP contribution in [0.25, 0.3) is 66.8 Å². The quantitative estimate of drug-likeness (QED) is 0.191. The summed E-state index contributed by atoms with van der Waals surface area (Å²) in [6.45, 7) is 0. The van der Waals surface area contributed by atoms with Gasteiger partial charge in [-0.3, -0.25) is 4.79 Å². The first-order valence-electron chi connectivity index (χ1n) is 26.8. The molecule has 12 aromatic rings. The second-order valence-corrected chi connectivity index (χ2v) is 23.9. The molecule has 4 aliphatic rings. The van der Waals surface area contributed by atoms with E-state index in [4.69, 9.17) is 0 Å². The van der Waals surface area contributed by atoms with Crippen molar-refractivity contribution in [2.75, 3.05) is 0 Å². The van der Waals surface area contributed by atoms with E-state index in [9.17, 15) is 9.90 Å². The molecule has 0 amide bonds. The average Bonchev–Trinajstić information content (AvgIpc) is 2.92. The molecule has 2 nitrogen and oxygen atoms in total. The summed E-state index contributed by atoms with van der Waals surface area (Å²) in [6.07, 6.45) is 0. The van der Waals surface area contributed by atoms with Crippen molar-refractivity contribution in [3.63, 3.8) is 0 Å². The number of rotatable bonds is 3. The second-order valence-electron chi connectivity index (χ2n) is 20.3. The van der Waals surface area contributed by atoms with Gasteiger partial charge in [-0.05, 0) is 131 Å². The van der Waals surface area contributed by atoms with Crippen LogP contribution >= 0.6 is 63.7 Å². The Morgan fingerprint density at radius 3 is 1.09 bits per heavy atom. The molecule has 1 atom stereocenters. The van der Waals surface area contributed by atoms with Gasteiger partial charge in [0, 0.05) is 45.7 Å². The topological polar surface area (TPSA) is 37.3 Å². The van der Waals surface area contributed by atoms with Crippen molar-refractivity contribution < 1.29 is 9.90 Å². The number of aliphatic hydroxyl groups is 1. The minimum absolute atomic E-state index is 0.127. The Kier molecular flexibility index (Phi) is 14.2. The summed E-state index contributed by atoms with van der Waals surface area (Å²) < 4.78 is 4.18. The van der Waals surface area contributed by atoms with Gasteiger partial charge < -0.3 is 5.11 Å². The second kappa shape index (κ2) is 21.9. The largest absolute Gasteiger partial charge is 0.376 e. The van der Waals surface area contributed by atoms with Crippen molar-refractivity contribution in [2.45, 2.75) is 11.0 Å². The predicted octanol–water partition coefficient (Wildman–Crippen LogP) is 20.9. The van der Waals surface area contributed by atoms with Gasteiger partial charge in [-0.15, -0.1) is 0 Å². The third-order valence-electron chi connectivity index (χ3n) is 16.0. The standard InChI is InChI=1S/C25H17BrO.C25H15Br.C13H7BrO.C12H9Br/c26-18-14-15-21-20-11-5-7-13-23(20)25(27,24(21)16-18)22-12-6-4-10-19(22)17-8-2-1-3-9-17;26-16-13-14-20-19-9-3-6-12-23(19)25(24(20)15-16)21-10-4-1-7-17(21)18-8-2-5-11-22(18)25;14-8-5-6-10-9-3-1-2-4-11(9)13(15)12(10)7-8;13-12-9-5-4-8-11(12)10-6-2-1-3-7-10/h1-16,27H;1-15H;1-7H;1-9H. The van der Waals surface area contributed by atoms with Crippen molar-refractivity contribution in [1.82, 2.24) is 0 Å². The monoisotopic (exact) mass is 1300 g/mol. The van der Waals surface area contributed by atoms with E-state index in [1.54, 1.807) is 0 Å². The van der Waals surface area contributed by atoms with E-state index in [1.807, 2.05) is 127 Å². The fourth-order valence-corrected chi connectivity index (χ4v) is 14.2. The van der Waals surface area contributed by atoms with E-state index in [1.165, 1.54) is 55.6 Å². The molecule has 0 saturated carbocycles. The number of hydrogen-bond acceptors (Lipinski definition) is 2. The lowest BCUT2D eigenvalue weighted by atomic mass is 9.70. The van der Waals surface area contributed by atoms with Gasteiger partial charge in [0.2, 0.25) is 0 Å². The van der Waals surface area contributed by atoms with Gasteiger partial charge in [0.25, 0.3) is 0 Å². The third kappa shape index (κ3) is 9.05. The first kappa shape index (κ1) is 52.6. The Morgan fingerprint density at radius 2 is 0.568 bits per heavy atom. The fourth-order valence-electron chi connectivity index (χ4n) is 12.6. The highest BCUT2D eigenvalue weighted by molar-refractivity contribution is 9.11. The molecule has 0 saturated heterocycles. The number of ketones is 1. The number of carbonyl (C=O) groups is 1. The van der Waals surface area contributed by atoms with Crippen LogP contribution < -0.4 is 0 Å². The fraction of sp³-hybridized carbons (Fsp3) is 0.0267. The molecule has 12 aromatic carbocycles. The molecule has 0 bridgehead atoms. The molecule has 1 spiro atoms. The van der Waals surface area contributed by atoms with Gasteiger partial charge >= 0.3 is 0 Å².